The molecule has 11 atom stereocenters. The second-order valence-electron chi connectivity index (χ2n) is 15.9. The van der Waals surface area contributed by atoms with Crippen molar-refractivity contribution in [2.45, 2.75) is 132 Å². The molecular weight excluding hydrogens is 488 g/mol. The van der Waals surface area contributed by atoms with Crippen molar-refractivity contribution in [2.75, 3.05) is 0 Å². The number of carbonyl (C=O) groups excluding carboxylic acids is 1. The molecule has 0 unspecified atom stereocenters. The topological polar surface area (TPSA) is 83.8 Å². The number of allylic oxidation sites excluding steroid dienone is 2. The molecular formula is C34H54O5. The summed E-state index contributed by atoms with van der Waals surface area (Å²) in [6, 6.07) is 0. The maximum Gasteiger partial charge on any atom is 0.310 e. The zero-order chi connectivity index (χ0) is 28.8. The second kappa shape index (κ2) is 9.33. The monoisotopic (exact) mass is 542 g/mol. The number of rotatable bonds is 4. The summed E-state index contributed by atoms with van der Waals surface area (Å²) in [6.07, 6.45) is 9.76. The van der Waals surface area contributed by atoms with E-state index < -0.39 is 23.6 Å². The van der Waals surface area contributed by atoms with Gasteiger partial charge in [-0.15, -0.1) is 0 Å². The van der Waals surface area contributed by atoms with Crippen molar-refractivity contribution < 1.29 is 24.5 Å². The van der Waals surface area contributed by atoms with Crippen LogP contribution in [0.5, 0.6) is 0 Å². The van der Waals surface area contributed by atoms with Crippen molar-refractivity contribution in [2.24, 2.45) is 56.7 Å². The number of carboxylic acid groups (broad SMARTS) is 1. The van der Waals surface area contributed by atoms with Crippen molar-refractivity contribution in [1.29, 1.82) is 0 Å². The molecule has 0 aromatic carbocycles. The van der Waals surface area contributed by atoms with Crippen LogP contribution in [0.15, 0.2) is 11.6 Å². The molecule has 0 aromatic rings. The summed E-state index contributed by atoms with van der Waals surface area (Å²) in [4.78, 5) is 25.5. The summed E-state index contributed by atoms with van der Waals surface area (Å²) in [5.74, 6) is 0.944. The molecule has 220 valence electrons. The van der Waals surface area contributed by atoms with Crippen LogP contribution in [-0.4, -0.2) is 34.4 Å². The van der Waals surface area contributed by atoms with Crippen molar-refractivity contribution in [3.63, 3.8) is 0 Å². The lowest BCUT2D eigenvalue weighted by Gasteiger charge is -2.71. The molecule has 0 heterocycles. The number of esters is 1. The average molecular weight is 543 g/mol. The molecule has 4 saturated carbocycles. The van der Waals surface area contributed by atoms with Crippen LogP contribution in [-0.2, 0) is 14.3 Å². The van der Waals surface area contributed by atoms with Gasteiger partial charge in [-0.3, -0.25) is 9.59 Å². The molecule has 0 spiro atoms. The highest BCUT2D eigenvalue weighted by molar-refractivity contribution is 5.76. The first-order valence-electron chi connectivity index (χ1n) is 15.9. The van der Waals surface area contributed by atoms with Crippen molar-refractivity contribution in [1.82, 2.24) is 0 Å². The number of aliphatic hydroxyl groups is 1. The Labute approximate surface area is 236 Å². The third kappa shape index (κ3) is 3.79. The van der Waals surface area contributed by atoms with Gasteiger partial charge in [0.15, 0.2) is 0 Å². The molecule has 5 nitrogen and oxygen atoms in total. The fraction of sp³-hybridized carbons (Fsp3) is 0.882. The lowest BCUT2D eigenvalue weighted by Crippen LogP contribution is -2.67. The highest BCUT2D eigenvalue weighted by Gasteiger charge is 2.70. The van der Waals surface area contributed by atoms with E-state index in [0.29, 0.717) is 36.5 Å². The molecule has 5 heteroatoms. The molecule has 5 aliphatic carbocycles. The van der Waals surface area contributed by atoms with E-state index in [1.54, 1.807) is 0 Å². The fourth-order valence-corrected chi connectivity index (χ4v) is 11.5. The van der Waals surface area contributed by atoms with Gasteiger partial charge < -0.3 is 14.9 Å². The Hall–Kier alpha value is -1.36. The summed E-state index contributed by atoms with van der Waals surface area (Å²) < 4.78 is 6.00. The minimum absolute atomic E-state index is 0.0315. The lowest BCUT2D eigenvalue weighted by atomic mass is 9.33. The Balaban J connectivity index is 1.57. The first-order chi connectivity index (χ1) is 18.1. The van der Waals surface area contributed by atoms with Crippen LogP contribution in [0.2, 0.25) is 0 Å². The highest BCUT2D eigenvalue weighted by atomic mass is 16.6. The van der Waals surface area contributed by atoms with Crippen molar-refractivity contribution >= 4 is 11.9 Å². The van der Waals surface area contributed by atoms with Gasteiger partial charge in [0, 0.05) is 6.42 Å². The molecule has 5 rings (SSSR count). The van der Waals surface area contributed by atoms with E-state index in [1.165, 1.54) is 5.57 Å². The average Bonchev–Trinajstić information content (AvgIpc) is 2.85. The molecule has 0 aliphatic heterocycles. The zero-order valence-corrected chi connectivity index (χ0v) is 25.8. The Morgan fingerprint density at radius 1 is 1.00 bits per heavy atom. The quantitative estimate of drug-likeness (QED) is 0.285. The minimum Gasteiger partial charge on any atom is -0.481 e. The molecule has 0 aromatic heterocycles. The van der Waals surface area contributed by atoms with Crippen LogP contribution in [0.4, 0.5) is 0 Å². The van der Waals surface area contributed by atoms with Gasteiger partial charge in [0.25, 0.3) is 0 Å². The van der Waals surface area contributed by atoms with Gasteiger partial charge in [0.05, 0.1) is 11.5 Å². The number of hydrogen-bond donors (Lipinski definition) is 2. The molecule has 0 bridgehead atoms. The molecule has 39 heavy (non-hydrogen) atoms. The van der Waals surface area contributed by atoms with Gasteiger partial charge in [-0.25, -0.2) is 0 Å². The molecule has 4 fully saturated rings. The summed E-state index contributed by atoms with van der Waals surface area (Å²) in [6.45, 7) is 18.4. The molecule has 0 saturated heterocycles. The predicted octanol–water partition coefficient (Wildman–Crippen LogP) is 7.41. The standard InChI is InChI=1S/C34H54O5/c1-9-10-26(35)39-23-19-31(6)24(30(4,5)28(23)36)14-15-33(8)25(31)12-11-22-27-21(3)20(2)13-16-34(27,29(37)38)18-17-32(22,33)7/h11,20-21,23-25,27-28,36H,9-10,12-19H2,1-8H3,(H,37,38)/t20-,21+,23-,24+,25-,27+,28+,31+,32-,33-,34+/m1/s1. The molecule has 5 aliphatic rings. The number of ether oxygens (including phenoxy) is 1. The van der Waals surface area contributed by atoms with E-state index in [1.807, 2.05) is 6.92 Å². The predicted molar refractivity (Wildman–Crippen MR) is 153 cm³/mol. The van der Waals surface area contributed by atoms with Gasteiger partial charge in [0.2, 0.25) is 0 Å². The number of fused-ring (bicyclic) bond motifs is 7. The Morgan fingerprint density at radius 3 is 2.33 bits per heavy atom. The third-order valence-electron chi connectivity index (χ3n) is 14.1. The highest BCUT2D eigenvalue weighted by Crippen LogP contribution is 2.75. The van der Waals surface area contributed by atoms with Crippen molar-refractivity contribution in [3.8, 4) is 0 Å². The third-order valence-corrected chi connectivity index (χ3v) is 14.1. The lowest BCUT2D eigenvalue weighted by molar-refractivity contribution is -0.238. The Morgan fingerprint density at radius 2 is 1.69 bits per heavy atom. The van der Waals surface area contributed by atoms with E-state index in [2.05, 4.69) is 54.5 Å². The Bertz CT molecular complexity index is 1050. The smallest absolute Gasteiger partial charge is 0.310 e. The van der Waals surface area contributed by atoms with Crippen LogP contribution < -0.4 is 0 Å². The number of carbonyl (C=O) groups is 2. The first kappa shape index (κ1) is 29.1. The molecule has 0 radical (unpaired) electrons. The number of aliphatic hydroxyl groups excluding tert-OH is 1. The largest absolute Gasteiger partial charge is 0.481 e. The van der Waals surface area contributed by atoms with Gasteiger partial charge in [0.1, 0.15) is 6.10 Å². The van der Waals surface area contributed by atoms with E-state index in [4.69, 9.17) is 4.74 Å². The van der Waals surface area contributed by atoms with Crippen LogP contribution in [0, 0.1) is 56.7 Å². The van der Waals surface area contributed by atoms with Crippen LogP contribution in [0.25, 0.3) is 0 Å². The number of hydrogen-bond acceptors (Lipinski definition) is 4. The first-order valence-corrected chi connectivity index (χ1v) is 15.9. The summed E-state index contributed by atoms with van der Waals surface area (Å²) >= 11 is 0. The normalized spacial score (nSPS) is 50.4. The van der Waals surface area contributed by atoms with Crippen LogP contribution >= 0.6 is 0 Å². The number of carboxylic acids is 1. The SMILES string of the molecule is CCCC(=O)O[C@@H]1C[C@]2(C)[C@H]3CC=C4[C@@H]5[C@@H](C)[C@H](C)CC[C@]5(C(=O)O)CC[C@@]4(C)[C@]3(C)CC[C@H]2C(C)(C)[C@H]1O. The molecule has 2 N–H and O–H groups in total. The number of aliphatic carboxylic acids is 1. The van der Waals surface area contributed by atoms with E-state index >= 15 is 0 Å². The van der Waals surface area contributed by atoms with E-state index in [9.17, 15) is 19.8 Å². The summed E-state index contributed by atoms with van der Waals surface area (Å²) in [5.41, 5.74) is 0.366. The van der Waals surface area contributed by atoms with Gasteiger partial charge in [-0.2, -0.15) is 0 Å². The van der Waals surface area contributed by atoms with E-state index in [0.717, 1.165) is 51.4 Å². The van der Waals surface area contributed by atoms with Crippen LogP contribution in [0.1, 0.15) is 120 Å². The van der Waals surface area contributed by atoms with Crippen molar-refractivity contribution in [3.05, 3.63) is 11.6 Å². The minimum atomic E-state index is -0.665. The van der Waals surface area contributed by atoms with E-state index in [-0.39, 0.29) is 33.5 Å². The summed E-state index contributed by atoms with van der Waals surface area (Å²) in [5, 5.41) is 22.1. The fourth-order valence-electron chi connectivity index (χ4n) is 11.5. The van der Waals surface area contributed by atoms with Crippen LogP contribution in [0.3, 0.4) is 0 Å². The summed E-state index contributed by atoms with van der Waals surface area (Å²) in [7, 11) is 0. The maximum absolute atomic E-state index is 12.9. The Kier molecular flexibility index (Phi) is 6.97. The van der Waals surface area contributed by atoms with Gasteiger partial charge >= 0.3 is 11.9 Å². The van der Waals surface area contributed by atoms with Gasteiger partial charge in [-0.05, 0) is 109 Å². The second-order valence-corrected chi connectivity index (χ2v) is 15.9. The maximum atomic E-state index is 12.9. The van der Waals surface area contributed by atoms with Gasteiger partial charge in [-0.1, -0.05) is 67.0 Å². The zero-order valence-electron chi connectivity index (χ0n) is 25.8. The molecule has 0 amide bonds.